The van der Waals surface area contributed by atoms with Crippen molar-refractivity contribution in [1.29, 1.82) is 5.26 Å². The van der Waals surface area contributed by atoms with E-state index in [0.29, 0.717) is 11.3 Å². The van der Waals surface area contributed by atoms with Gasteiger partial charge in [0.05, 0.1) is 16.8 Å². The van der Waals surface area contributed by atoms with Crippen LogP contribution in [0.1, 0.15) is 5.56 Å². The largest absolute Gasteiger partial charge is 0.397 e. The van der Waals surface area contributed by atoms with Gasteiger partial charge in [-0.1, -0.05) is 36.4 Å². The lowest BCUT2D eigenvalue weighted by atomic mass is 10.0. The average Bonchev–Trinajstić information content (AvgIpc) is 2.48. The molecule has 3 heteroatoms. The second-order valence-corrected chi connectivity index (χ2v) is 4.30. The maximum Gasteiger partial charge on any atom is 0.103 e. The molecule has 0 unspecified atom stereocenters. The van der Waals surface area contributed by atoms with Crippen LogP contribution in [-0.4, -0.2) is 4.98 Å². The first-order valence-electron chi connectivity index (χ1n) is 5.93. The van der Waals surface area contributed by atoms with E-state index in [4.69, 9.17) is 11.0 Å². The summed E-state index contributed by atoms with van der Waals surface area (Å²) < 4.78 is 0. The smallest absolute Gasteiger partial charge is 0.103 e. The highest BCUT2D eigenvalue weighted by Crippen LogP contribution is 2.28. The van der Waals surface area contributed by atoms with Crippen molar-refractivity contribution >= 4 is 16.6 Å². The van der Waals surface area contributed by atoms with Crippen molar-refractivity contribution in [3.8, 4) is 17.2 Å². The Hall–Kier alpha value is -2.86. The van der Waals surface area contributed by atoms with Gasteiger partial charge in [-0.3, -0.25) is 4.98 Å². The number of nitrogen functional groups attached to an aromatic ring is 1. The van der Waals surface area contributed by atoms with Crippen LogP contribution in [0, 0.1) is 11.3 Å². The molecule has 0 amide bonds. The van der Waals surface area contributed by atoms with E-state index >= 15 is 0 Å². The Balaban J connectivity index is 2.26. The van der Waals surface area contributed by atoms with E-state index in [1.807, 2.05) is 48.5 Å². The van der Waals surface area contributed by atoms with E-state index in [1.165, 1.54) is 6.20 Å². The van der Waals surface area contributed by atoms with E-state index in [2.05, 4.69) is 11.1 Å². The lowest BCUT2D eigenvalue weighted by Crippen LogP contribution is -1.94. The summed E-state index contributed by atoms with van der Waals surface area (Å²) in [5.74, 6) is 0. The molecule has 2 aromatic carbocycles. The molecule has 0 atom stereocenters. The molecule has 3 rings (SSSR count). The number of hydrogen-bond donors (Lipinski definition) is 1. The molecule has 0 fully saturated rings. The van der Waals surface area contributed by atoms with Crippen molar-refractivity contribution in [1.82, 2.24) is 4.98 Å². The first-order valence-corrected chi connectivity index (χ1v) is 5.93. The Morgan fingerprint density at radius 2 is 1.79 bits per heavy atom. The van der Waals surface area contributed by atoms with Crippen molar-refractivity contribution in [2.24, 2.45) is 0 Å². The number of pyridine rings is 1. The van der Waals surface area contributed by atoms with Crippen LogP contribution in [0.4, 0.5) is 5.69 Å². The highest BCUT2D eigenvalue weighted by atomic mass is 14.7. The van der Waals surface area contributed by atoms with Gasteiger partial charge in [0.1, 0.15) is 6.07 Å². The Labute approximate surface area is 110 Å². The van der Waals surface area contributed by atoms with Gasteiger partial charge in [0.25, 0.3) is 0 Å². The fraction of sp³-hybridized carbons (Fsp3) is 0. The second-order valence-electron chi connectivity index (χ2n) is 4.30. The number of benzene rings is 2. The number of anilines is 1. The summed E-state index contributed by atoms with van der Waals surface area (Å²) in [5, 5.41) is 9.81. The molecule has 0 aliphatic heterocycles. The predicted octanol–water partition coefficient (Wildman–Crippen LogP) is 3.36. The van der Waals surface area contributed by atoms with Crippen LogP contribution in [0.25, 0.3) is 22.0 Å². The van der Waals surface area contributed by atoms with Gasteiger partial charge >= 0.3 is 0 Å². The van der Waals surface area contributed by atoms with Crippen LogP contribution >= 0.6 is 0 Å². The molecular formula is C16H11N3. The fourth-order valence-electron chi connectivity index (χ4n) is 2.11. The molecular weight excluding hydrogens is 234 g/mol. The zero-order valence-corrected chi connectivity index (χ0v) is 10.2. The van der Waals surface area contributed by atoms with E-state index < -0.39 is 0 Å². The van der Waals surface area contributed by atoms with Crippen molar-refractivity contribution < 1.29 is 0 Å². The summed E-state index contributed by atoms with van der Waals surface area (Å²) in [6.07, 6.45) is 1.51. The van der Waals surface area contributed by atoms with Gasteiger partial charge in [-0.25, -0.2) is 0 Å². The molecule has 0 aliphatic rings. The minimum absolute atomic E-state index is 0.415. The first-order chi connectivity index (χ1) is 9.29. The van der Waals surface area contributed by atoms with Crippen LogP contribution in [0.2, 0.25) is 0 Å². The SMILES string of the molecule is N#Cc1cnc2ccc(-c3ccccc3)cc2c1N. The molecule has 90 valence electrons. The maximum atomic E-state index is 8.99. The van der Waals surface area contributed by atoms with Gasteiger partial charge in [0.15, 0.2) is 0 Å². The number of rotatable bonds is 1. The predicted molar refractivity (Wildman–Crippen MR) is 76.3 cm³/mol. The van der Waals surface area contributed by atoms with Crippen molar-refractivity contribution in [2.75, 3.05) is 5.73 Å². The van der Waals surface area contributed by atoms with Gasteiger partial charge in [-0.05, 0) is 23.3 Å². The van der Waals surface area contributed by atoms with Gasteiger partial charge < -0.3 is 5.73 Å². The molecule has 0 aliphatic carbocycles. The van der Waals surface area contributed by atoms with Crippen LogP contribution in [0.5, 0.6) is 0 Å². The highest BCUT2D eigenvalue weighted by molar-refractivity contribution is 5.95. The normalized spacial score (nSPS) is 10.3. The maximum absolute atomic E-state index is 8.99. The minimum Gasteiger partial charge on any atom is -0.397 e. The van der Waals surface area contributed by atoms with Gasteiger partial charge in [0.2, 0.25) is 0 Å². The third kappa shape index (κ3) is 1.90. The molecule has 19 heavy (non-hydrogen) atoms. The number of fused-ring (bicyclic) bond motifs is 1. The number of nitrogens with two attached hydrogens (primary N) is 1. The number of nitriles is 1. The lowest BCUT2D eigenvalue weighted by molar-refractivity contribution is 1.37. The van der Waals surface area contributed by atoms with Gasteiger partial charge in [-0.2, -0.15) is 5.26 Å². The van der Waals surface area contributed by atoms with Crippen molar-refractivity contribution in [2.45, 2.75) is 0 Å². The first kappa shape index (κ1) is 11.2. The average molecular weight is 245 g/mol. The molecule has 1 heterocycles. The topological polar surface area (TPSA) is 62.7 Å². The molecule has 3 nitrogen and oxygen atoms in total. The summed E-state index contributed by atoms with van der Waals surface area (Å²) in [7, 11) is 0. The zero-order valence-electron chi connectivity index (χ0n) is 10.2. The Kier molecular flexibility index (Phi) is 2.62. The monoisotopic (exact) mass is 245 g/mol. The molecule has 0 bridgehead atoms. The van der Waals surface area contributed by atoms with Gasteiger partial charge in [-0.15, -0.1) is 0 Å². The number of hydrogen-bond acceptors (Lipinski definition) is 3. The van der Waals surface area contributed by atoms with Crippen molar-refractivity contribution in [3.63, 3.8) is 0 Å². The highest BCUT2D eigenvalue weighted by Gasteiger charge is 2.06. The molecule has 0 spiro atoms. The Morgan fingerprint density at radius 3 is 2.53 bits per heavy atom. The van der Waals surface area contributed by atoms with Crippen LogP contribution in [0.3, 0.4) is 0 Å². The number of nitrogens with zero attached hydrogens (tertiary/aromatic N) is 2. The van der Waals surface area contributed by atoms with E-state index in [1.54, 1.807) is 0 Å². The van der Waals surface area contributed by atoms with Crippen LogP contribution in [-0.2, 0) is 0 Å². The second kappa shape index (κ2) is 4.43. The summed E-state index contributed by atoms with van der Waals surface area (Å²) in [5.41, 5.74) is 9.90. The van der Waals surface area contributed by atoms with Gasteiger partial charge in [0, 0.05) is 11.6 Å². The van der Waals surface area contributed by atoms with E-state index in [9.17, 15) is 0 Å². The molecule has 1 aromatic heterocycles. The third-order valence-corrected chi connectivity index (χ3v) is 3.14. The molecule has 0 radical (unpaired) electrons. The minimum atomic E-state index is 0.415. The summed E-state index contributed by atoms with van der Waals surface area (Å²) in [4.78, 5) is 4.25. The summed E-state index contributed by atoms with van der Waals surface area (Å²) in [6, 6.07) is 18.0. The standard InChI is InChI=1S/C16H11N3/c17-9-13-10-19-15-7-6-12(8-14(15)16(13)18)11-4-2-1-3-5-11/h1-8,10H,(H2,18,19). The third-order valence-electron chi connectivity index (χ3n) is 3.14. The molecule has 2 N–H and O–H groups in total. The molecule has 0 saturated carbocycles. The summed E-state index contributed by atoms with van der Waals surface area (Å²) >= 11 is 0. The fourth-order valence-corrected chi connectivity index (χ4v) is 2.11. The van der Waals surface area contributed by atoms with Crippen LogP contribution < -0.4 is 5.73 Å². The quantitative estimate of drug-likeness (QED) is 0.715. The molecule has 0 saturated heterocycles. The number of aromatic nitrogens is 1. The van der Waals surface area contributed by atoms with E-state index in [-0.39, 0.29) is 0 Å². The lowest BCUT2D eigenvalue weighted by Gasteiger charge is -2.06. The van der Waals surface area contributed by atoms with Crippen LogP contribution in [0.15, 0.2) is 54.7 Å². The zero-order chi connectivity index (χ0) is 13.2. The van der Waals surface area contributed by atoms with E-state index in [0.717, 1.165) is 22.0 Å². The Morgan fingerprint density at radius 1 is 1.00 bits per heavy atom. The molecule has 3 aromatic rings. The summed E-state index contributed by atoms with van der Waals surface area (Å²) in [6.45, 7) is 0. The Bertz CT molecular complexity index is 786. The van der Waals surface area contributed by atoms with Crippen molar-refractivity contribution in [3.05, 3.63) is 60.3 Å².